The highest BCUT2D eigenvalue weighted by Crippen LogP contribution is 2.35. The normalized spacial score (nSPS) is 14.6. The van der Waals surface area contributed by atoms with Gasteiger partial charge in [-0.3, -0.25) is 4.98 Å². The molecule has 0 bridgehead atoms. The first kappa shape index (κ1) is 17.0. The zero-order valence-electron chi connectivity index (χ0n) is 15.0. The standard InChI is InChI=1S/C19H21N5OS/c1-3-16-17(13(2)23-25-16)18-15(14-4-6-20-7-5-14)12-21-19(22-18)24-8-10-26-11-9-24/h4-7,12H,3,8-11H2,1-2H3. The molecular weight excluding hydrogens is 346 g/mol. The lowest BCUT2D eigenvalue weighted by molar-refractivity contribution is 0.383. The van der Waals surface area contributed by atoms with E-state index < -0.39 is 0 Å². The number of aromatic nitrogens is 4. The third-order valence-electron chi connectivity index (χ3n) is 4.55. The van der Waals surface area contributed by atoms with Crippen LogP contribution >= 0.6 is 11.8 Å². The summed E-state index contributed by atoms with van der Waals surface area (Å²) in [6, 6.07) is 3.96. The van der Waals surface area contributed by atoms with E-state index in [1.165, 1.54) is 0 Å². The van der Waals surface area contributed by atoms with Gasteiger partial charge in [-0.1, -0.05) is 12.1 Å². The van der Waals surface area contributed by atoms with E-state index in [1.54, 1.807) is 12.4 Å². The number of aryl methyl sites for hydroxylation is 2. The average molecular weight is 367 g/mol. The second-order valence-electron chi connectivity index (χ2n) is 6.19. The van der Waals surface area contributed by atoms with Crippen molar-refractivity contribution in [1.82, 2.24) is 20.1 Å². The maximum absolute atomic E-state index is 5.54. The summed E-state index contributed by atoms with van der Waals surface area (Å²) in [5, 5.41) is 4.18. The molecule has 4 heterocycles. The summed E-state index contributed by atoms with van der Waals surface area (Å²) in [6.07, 6.45) is 6.26. The van der Waals surface area contributed by atoms with Crippen LogP contribution in [0.3, 0.4) is 0 Å². The van der Waals surface area contributed by atoms with Gasteiger partial charge in [-0.2, -0.15) is 11.8 Å². The van der Waals surface area contributed by atoms with Crippen LogP contribution in [0.4, 0.5) is 5.95 Å². The molecule has 0 spiro atoms. The highest BCUT2D eigenvalue weighted by Gasteiger charge is 2.22. The summed E-state index contributed by atoms with van der Waals surface area (Å²) >= 11 is 1.97. The van der Waals surface area contributed by atoms with Gasteiger partial charge in [0.1, 0.15) is 5.76 Å². The number of thioether (sulfide) groups is 1. The van der Waals surface area contributed by atoms with Gasteiger partial charge in [-0.15, -0.1) is 0 Å². The minimum atomic E-state index is 0.769. The zero-order valence-corrected chi connectivity index (χ0v) is 15.8. The van der Waals surface area contributed by atoms with Gasteiger partial charge < -0.3 is 9.42 Å². The van der Waals surface area contributed by atoms with E-state index >= 15 is 0 Å². The van der Waals surface area contributed by atoms with Crippen molar-refractivity contribution in [2.24, 2.45) is 0 Å². The minimum Gasteiger partial charge on any atom is -0.360 e. The fraction of sp³-hybridized carbons (Fsp3) is 0.368. The zero-order chi connectivity index (χ0) is 17.9. The van der Waals surface area contributed by atoms with E-state index in [0.29, 0.717) is 0 Å². The average Bonchev–Trinajstić information content (AvgIpc) is 3.09. The van der Waals surface area contributed by atoms with Gasteiger partial charge >= 0.3 is 0 Å². The van der Waals surface area contributed by atoms with Crippen molar-refractivity contribution >= 4 is 17.7 Å². The van der Waals surface area contributed by atoms with E-state index in [9.17, 15) is 0 Å². The van der Waals surface area contributed by atoms with Crippen LogP contribution in [0, 0.1) is 6.92 Å². The van der Waals surface area contributed by atoms with Crippen molar-refractivity contribution in [3.05, 3.63) is 42.2 Å². The summed E-state index contributed by atoms with van der Waals surface area (Å²) < 4.78 is 5.54. The molecular formula is C19H21N5OS. The predicted molar refractivity (Wildman–Crippen MR) is 104 cm³/mol. The summed E-state index contributed by atoms with van der Waals surface area (Å²) in [5.41, 5.74) is 4.74. The van der Waals surface area contributed by atoms with Crippen LogP contribution in [-0.2, 0) is 6.42 Å². The monoisotopic (exact) mass is 367 g/mol. The van der Waals surface area contributed by atoms with E-state index in [0.717, 1.165) is 70.8 Å². The molecule has 134 valence electrons. The van der Waals surface area contributed by atoms with Crippen LogP contribution < -0.4 is 4.90 Å². The topological polar surface area (TPSA) is 67.9 Å². The fourth-order valence-corrected chi connectivity index (χ4v) is 4.09. The molecule has 3 aromatic heterocycles. The Morgan fingerprint density at radius 3 is 2.69 bits per heavy atom. The largest absolute Gasteiger partial charge is 0.360 e. The first-order valence-corrected chi connectivity index (χ1v) is 9.99. The van der Waals surface area contributed by atoms with E-state index in [-0.39, 0.29) is 0 Å². The molecule has 4 rings (SSSR count). The molecule has 3 aromatic rings. The molecule has 1 aliphatic heterocycles. The fourth-order valence-electron chi connectivity index (χ4n) is 3.18. The van der Waals surface area contributed by atoms with E-state index in [4.69, 9.17) is 9.51 Å². The lowest BCUT2D eigenvalue weighted by Gasteiger charge is -2.27. The number of pyridine rings is 1. The SMILES string of the molecule is CCc1onc(C)c1-c1nc(N2CCSCC2)ncc1-c1ccncc1. The molecule has 0 saturated carbocycles. The van der Waals surface area contributed by atoms with Gasteiger partial charge in [-0.05, 0) is 24.6 Å². The number of hydrogen-bond acceptors (Lipinski definition) is 7. The van der Waals surface area contributed by atoms with Crippen LogP contribution in [0.15, 0.2) is 35.2 Å². The second-order valence-corrected chi connectivity index (χ2v) is 7.41. The van der Waals surface area contributed by atoms with Crippen molar-refractivity contribution in [2.45, 2.75) is 20.3 Å². The van der Waals surface area contributed by atoms with Crippen LogP contribution in [0.2, 0.25) is 0 Å². The Balaban J connectivity index is 1.88. The van der Waals surface area contributed by atoms with Crippen molar-refractivity contribution in [3.8, 4) is 22.4 Å². The summed E-state index contributed by atoms with van der Waals surface area (Å²) in [4.78, 5) is 16.0. The lowest BCUT2D eigenvalue weighted by atomic mass is 10.00. The third kappa shape index (κ3) is 3.19. The molecule has 0 atom stereocenters. The van der Waals surface area contributed by atoms with Crippen LogP contribution in [0.25, 0.3) is 22.4 Å². The Labute approximate surface area is 157 Å². The van der Waals surface area contributed by atoms with Crippen molar-refractivity contribution < 1.29 is 4.52 Å². The number of hydrogen-bond donors (Lipinski definition) is 0. The Morgan fingerprint density at radius 2 is 1.96 bits per heavy atom. The quantitative estimate of drug-likeness (QED) is 0.697. The summed E-state index contributed by atoms with van der Waals surface area (Å²) in [5.74, 6) is 3.85. The molecule has 0 radical (unpaired) electrons. The number of anilines is 1. The first-order valence-electron chi connectivity index (χ1n) is 8.83. The molecule has 0 N–H and O–H groups in total. The summed E-state index contributed by atoms with van der Waals surface area (Å²) in [6.45, 7) is 5.98. The molecule has 0 amide bonds. The number of rotatable bonds is 4. The van der Waals surface area contributed by atoms with Gasteiger partial charge in [0, 0.05) is 55.2 Å². The Hall–Kier alpha value is -2.41. The Morgan fingerprint density at radius 1 is 1.19 bits per heavy atom. The van der Waals surface area contributed by atoms with Crippen molar-refractivity contribution in [1.29, 1.82) is 0 Å². The molecule has 1 aliphatic rings. The minimum absolute atomic E-state index is 0.769. The highest BCUT2D eigenvalue weighted by molar-refractivity contribution is 7.99. The van der Waals surface area contributed by atoms with Gasteiger partial charge in [0.15, 0.2) is 0 Å². The van der Waals surface area contributed by atoms with Crippen LogP contribution in [0.1, 0.15) is 18.4 Å². The second kappa shape index (κ2) is 7.45. The molecule has 0 unspecified atom stereocenters. The third-order valence-corrected chi connectivity index (χ3v) is 5.50. The molecule has 0 aliphatic carbocycles. The Bertz CT molecular complexity index is 890. The van der Waals surface area contributed by atoms with Gasteiger partial charge in [-0.25, -0.2) is 9.97 Å². The van der Waals surface area contributed by atoms with Crippen LogP contribution in [0.5, 0.6) is 0 Å². The highest BCUT2D eigenvalue weighted by atomic mass is 32.2. The molecule has 1 saturated heterocycles. The maximum atomic E-state index is 5.54. The number of nitrogens with zero attached hydrogens (tertiary/aromatic N) is 5. The van der Waals surface area contributed by atoms with Crippen molar-refractivity contribution in [2.75, 3.05) is 29.5 Å². The van der Waals surface area contributed by atoms with Gasteiger partial charge in [0.25, 0.3) is 0 Å². The molecule has 6 nitrogen and oxygen atoms in total. The first-order chi connectivity index (χ1) is 12.8. The smallest absolute Gasteiger partial charge is 0.225 e. The Kier molecular flexibility index (Phi) is 4.88. The van der Waals surface area contributed by atoms with E-state index in [1.807, 2.05) is 37.0 Å². The molecule has 26 heavy (non-hydrogen) atoms. The molecule has 7 heteroatoms. The lowest BCUT2D eigenvalue weighted by Crippen LogP contribution is -2.33. The van der Waals surface area contributed by atoms with Crippen molar-refractivity contribution in [3.63, 3.8) is 0 Å². The molecule has 1 fully saturated rings. The summed E-state index contributed by atoms with van der Waals surface area (Å²) in [7, 11) is 0. The van der Waals surface area contributed by atoms with Gasteiger partial charge in [0.2, 0.25) is 5.95 Å². The maximum Gasteiger partial charge on any atom is 0.225 e. The van der Waals surface area contributed by atoms with E-state index in [2.05, 4.69) is 26.9 Å². The van der Waals surface area contributed by atoms with Gasteiger partial charge in [0.05, 0.1) is 17.0 Å². The predicted octanol–water partition coefficient (Wildman–Crippen LogP) is 3.62. The molecule has 0 aromatic carbocycles. The van der Waals surface area contributed by atoms with Crippen LogP contribution in [-0.4, -0.2) is 44.7 Å².